The van der Waals surface area contributed by atoms with Gasteiger partial charge in [0.25, 0.3) is 0 Å². The molecule has 0 saturated heterocycles. The van der Waals surface area contributed by atoms with Gasteiger partial charge in [-0.05, 0) is 73.9 Å². The summed E-state index contributed by atoms with van der Waals surface area (Å²) in [5.74, 6) is -0.770. The third-order valence-electron chi connectivity index (χ3n) is 7.30. The number of halogens is 4. The summed E-state index contributed by atoms with van der Waals surface area (Å²) in [7, 11) is 3.43. The molecule has 1 unspecified atom stereocenters. The van der Waals surface area contributed by atoms with E-state index in [2.05, 4.69) is 15.3 Å². The Hall–Kier alpha value is -3.50. The molecule has 2 aromatic heterocycles. The number of benzene rings is 1. The summed E-state index contributed by atoms with van der Waals surface area (Å²) in [6.07, 6.45) is 1.46. The van der Waals surface area contributed by atoms with E-state index in [9.17, 15) is 27.2 Å². The number of hydrogen-bond acceptors (Lipinski definition) is 4. The van der Waals surface area contributed by atoms with Crippen LogP contribution in [0.15, 0.2) is 30.7 Å². The molecule has 0 aliphatic heterocycles. The molecule has 1 fully saturated rings. The fraction of sp³-hybridized carbons (Fsp3) is 0.481. The zero-order valence-electron chi connectivity index (χ0n) is 21.8. The first-order chi connectivity index (χ1) is 17.8. The Kier molecular flexibility index (Phi) is 7.75. The van der Waals surface area contributed by atoms with E-state index >= 15 is 0 Å². The zero-order valence-corrected chi connectivity index (χ0v) is 21.8. The van der Waals surface area contributed by atoms with Gasteiger partial charge in [0.1, 0.15) is 17.4 Å². The van der Waals surface area contributed by atoms with Gasteiger partial charge in [0, 0.05) is 32.6 Å². The fourth-order valence-corrected chi connectivity index (χ4v) is 4.99. The van der Waals surface area contributed by atoms with E-state index < -0.39 is 18.0 Å². The Labute approximate surface area is 218 Å². The maximum absolute atomic E-state index is 14.9. The lowest BCUT2D eigenvalue weighted by atomic mass is 9.79. The average Bonchev–Trinajstić information content (AvgIpc) is 3.28. The average molecular weight is 534 g/mol. The second-order valence-corrected chi connectivity index (χ2v) is 10.3. The minimum atomic E-state index is -4.53. The Morgan fingerprint density at radius 1 is 1.18 bits per heavy atom. The van der Waals surface area contributed by atoms with Crippen molar-refractivity contribution in [1.82, 2.24) is 19.4 Å². The van der Waals surface area contributed by atoms with Crippen LogP contribution < -0.4 is 5.32 Å². The summed E-state index contributed by atoms with van der Waals surface area (Å²) >= 11 is 0. The van der Waals surface area contributed by atoms with Crippen molar-refractivity contribution in [3.05, 3.63) is 42.1 Å². The quantitative estimate of drug-likeness (QED) is 0.401. The molecule has 1 N–H and O–H groups in total. The molecule has 2 heterocycles. The minimum absolute atomic E-state index is 0.0205. The van der Waals surface area contributed by atoms with E-state index in [4.69, 9.17) is 0 Å². The number of hydrogen-bond donors (Lipinski definition) is 1. The fourth-order valence-electron chi connectivity index (χ4n) is 4.99. The molecule has 204 valence electrons. The van der Waals surface area contributed by atoms with Crippen molar-refractivity contribution in [2.75, 3.05) is 19.4 Å². The standard InChI is InChI=1S/C27H31F4N5O2/c1-15-13-32-23(34-26(38)18-7-5-6-17(8-18)9-24(37)35(3)4)12-20(15)19-10-21(28)25-22(11-19)36(14-33-25)16(2)27(29,30)31/h10-14,16-18H,5-9H2,1-4H3,(H,32,34,38)/t16?,17-,18+/m1/s1. The van der Waals surface area contributed by atoms with Crippen LogP contribution in [0.1, 0.15) is 50.6 Å². The Bertz CT molecular complexity index is 1350. The highest BCUT2D eigenvalue weighted by Crippen LogP contribution is 2.36. The maximum atomic E-state index is 14.9. The van der Waals surface area contributed by atoms with Gasteiger partial charge in [-0.3, -0.25) is 9.59 Å². The molecular weight excluding hydrogens is 502 g/mol. The number of imidazole rings is 1. The summed E-state index contributed by atoms with van der Waals surface area (Å²) in [4.78, 5) is 34.8. The Balaban J connectivity index is 1.58. The van der Waals surface area contributed by atoms with E-state index in [0.717, 1.165) is 30.7 Å². The SMILES string of the molecule is Cc1cnc(NC(=O)[C@H]2CCC[C@@H](CC(=O)N(C)C)C2)cc1-c1cc(F)c2ncn(C(C)C(F)(F)F)c2c1. The highest BCUT2D eigenvalue weighted by molar-refractivity contribution is 5.93. The predicted octanol–water partition coefficient (Wildman–Crippen LogP) is 5.89. The summed E-state index contributed by atoms with van der Waals surface area (Å²) in [6.45, 7) is 2.74. The van der Waals surface area contributed by atoms with Crippen LogP contribution >= 0.6 is 0 Å². The largest absolute Gasteiger partial charge is 0.408 e. The van der Waals surface area contributed by atoms with Gasteiger partial charge in [-0.15, -0.1) is 0 Å². The third-order valence-corrected chi connectivity index (χ3v) is 7.30. The predicted molar refractivity (Wildman–Crippen MR) is 136 cm³/mol. The molecule has 1 aliphatic rings. The lowest BCUT2D eigenvalue weighted by molar-refractivity contribution is -0.162. The molecule has 4 rings (SSSR count). The van der Waals surface area contributed by atoms with Gasteiger partial charge in [-0.2, -0.15) is 13.2 Å². The molecule has 3 aromatic rings. The molecular formula is C27H31F4N5O2. The van der Waals surface area contributed by atoms with Crippen LogP contribution in [0.2, 0.25) is 0 Å². The molecule has 38 heavy (non-hydrogen) atoms. The molecule has 1 aliphatic carbocycles. The van der Waals surface area contributed by atoms with Crippen LogP contribution in [-0.2, 0) is 9.59 Å². The van der Waals surface area contributed by atoms with Crippen molar-refractivity contribution in [3.8, 4) is 11.1 Å². The third kappa shape index (κ3) is 5.81. The lowest BCUT2D eigenvalue weighted by Gasteiger charge is -2.28. The number of fused-ring (bicyclic) bond motifs is 1. The highest BCUT2D eigenvalue weighted by atomic mass is 19.4. The van der Waals surface area contributed by atoms with Crippen molar-refractivity contribution in [2.24, 2.45) is 11.8 Å². The first kappa shape index (κ1) is 27.5. The van der Waals surface area contributed by atoms with Crippen molar-refractivity contribution >= 4 is 28.7 Å². The number of carbonyl (C=O) groups is 2. The molecule has 2 amide bonds. The normalized spacial score (nSPS) is 18.8. The van der Waals surface area contributed by atoms with Gasteiger partial charge in [-0.25, -0.2) is 14.4 Å². The molecule has 3 atom stereocenters. The van der Waals surface area contributed by atoms with Crippen LogP contribution in [0.25, 0.3) is 22.2 Å². The van der Waals surface area contributed by atoms with Crippen LogP contribution in [0.5, 0.6) is 0 Å². The number of nitrogens with one attached hydrogen (secondary N) is 1. The van der Waals surface area contributed by atoms with Gasteiger partial charge >= 0.3 is 6.18 Å². The number of pyridine rings is 1. The molecule has 1 aromatic carbocycles. The van der Waals surface area contributed by atoms with Crippen molar-refractivity contribution < 1.29 is 27.2 Å². The molecule has 7 nitrogen and oxygen atoms in total. The Morgan fingerprint density at radius 2 is 1.92 bits per heavy atom. The topological polar surface area (TPSA) is 80.1 Å². The zero-order chi connectivity index (χ0) is 27.8. The van der Waals surface area contributed by atoms with E-state index in [1.54, 1.807) is 32.0 Å². The van der Waals surface area contributed by atoms with Gasteiger partial charge in [0.2, 0.25) is 11.8 Å². The number of aryl methyl sites for hydroxylation is 1. The van der Waals surface area contributed by atoms with E-state index in [1.165, 1.54) is 18.3 Å². The second kappa shape index (κ2) is 10.7. The van der Waals surface area contributed by atoms with Crippen molar-refractivity contribution in [3.63, 3.8) is 0 Å². The molecule has 0 bridgehead atoms. The molecule has 11 heteroatoms. The summed E-state index contributed by atoms with van der Waals surface area (Å²) in [5, 5.41) is 2.84. The molecule has 1 saturated carbocycles. The number of amides is 2. The van der Waals surface area contributed by atoms with Crippen molar-refractivity contribution in [1.29, 1.82) is 0 Å². The van der Waals surface area contributed by atoms with Crippen LogP contribution in [0.4, 0.5) is 23.4 Å². The van der Waals surface area contributed by atoms with Gasteiger partial charge in [0.05, 0.1) is 11.8 Å². The monoisotopic (exact) mass is 533 g/mol. The smallest absolute Gasteiger partial charge is 0.349 e. The molecule has 0 radical (unpaired) electrons. The number of aromatic nitrogens is 3. The lowest BCUT2D eigenvalue weighted by Crippen LogP contribution is -2.31. The Morgan fingerprint density at radius 3 is 2.61 bits per heavy atom. The highest BCUT2D eigenvalue weighted by Gasteiger charge is 2.38. The minimum Gasteiger partial charge on any atom is -0.349 e. The number of carbonyl (C=O) groups excluding carboxylic acids is 2. The number of alkyl halides is 3. The number of nitrogens with zero attached hydrogens (tertiary/aromatic N) is 4. The van der Waals surface area contributed by atoms with Crippen LogP contribution in [0, 0.1) is 24.6 Å². The first-order valence-electron chi connectivity index (χ1n) is 12.6. The first-order valence-corrected chi connectivity index (χ1v) is 12.6. The van der Waals surface area contributed by atoms with Crippen molar-refractivity contribution in [2.45, 2.75) is 58.2 Å². The summed E-state index contributed by atoms with van der Waals surface area (Å²) < 4.78 is 55.9. The van der Waals surface area contributed by atoms with Gasteiger partial charge in [0.15, 0.2) is 5.82 Å². The summed E-state index contributed by atoms with van der Waals surface area (Å²) in [6, 6.07) is 2.40. The second-order valence-electron chi connectivity index (χ2n) is 10.3. The van der Waals surface area contributed by atoms with E-state index in [-0.39, 0.29) is 40.5 Å². The number of anilines is 1. The van der Waals surface area contributed by atoms with Crippen LogP contribution in [-0.4, -0.2) is 51.5 Å². The number of rotatable bonds is 6. The summed E-state index contributed by atoms with van der Waals surface area (Å²) in [5.41, 5.74) is 1.41. The maximum Gasteiger partial charge on any atom is 0.408 e. The van der Waals surface area contributed by atoms with E-state index in [0.29, 0.717) is 36.0 Å². The van der Waals surface area contributed by atoms with E-state index in [1.807, 2.05) is 0 Å². The van der Waals surface area contributed by atoms with Gasteiger partial charge < -0.3 is 14.8 Å². The van der Waals surface area contributed by atoms with Gasteiger partial charge in [-0.1, -0.05) is 6.42 Å². The molecule has 0 spiro atoms. The van der Waals surface area contributed by atoms with Crippen LogP contribution in [0.3, 0.4) is 0 Å².